The topological polar surface area (TPSA) is 67.8 Å². The summed E-state index contributed by atoms with van der Waals surface area (Å²) >= 11 is 1.53. The van der Waals surface area contributed by atoms with Gasteiger partial charge in [-0.2, -0.15) is 0 Å². The zero-order valence-corrected chi connectivity index (χ0v) is 17.2. The van der Waals surface area contributed by atoms with Crippen LogP contribution in [0.3, 0.4) is 0 Å². The first-order valence-corrected chi connectivity index (χ1v) is 10.5. The fourth-order valence-electron chi connectivity index (χ4n) is 3.21. The number of nitrogens with zero attached hydrogens (tertiary/aromatic N) is 3. The highest BCUT2D eigenvalue weighted by Gasteiger charge is 2.19. The van der Waals surface area contributed by atoms with E-state index in [9.17, 15) is 4.79 Å². The lowest BCUT2D eigenvalue weighted by atomic mass is 10.1. The van der Waals surface area contributed by atoms with Gasteiger partial charge in [-0.15, -0.1) is 11.3 Å². The first-order valence-electron chi connectivity index (χ1n) is 9.62. The minimum atomic E-state index is -0.0696. The molecule has 1 aromatic carbocycles. The van der Waals surface area contributed by atoms with E-state index in [1.807, 2.05) is 67.8 Å². The third-order valence-electron chi connectivity index (χ3n) is 4.82. The van der Waals surface area contributed by atoms with Crippen molar-refractivity contribution in [2.24, 2.45) is 0 Å². The Bertz CT molecular complexity index is 1130. The number of hydrogen-bond donors (Lipinski definition) is 1. The number of nitrogens with one attached hydrogen (secondary N) is 1. The summed E-state index contributed by atoms with van der Waals surface area (Å²) in [7, 11) is 0. The number of hydrogen-bond acceptors (Lipinski definition) is 6. The van der Waals surface area contributed by atoms with Crippen LogP contribution in [-0.4, -0.2) is 20.7 Å². The van der Waals surface area contributed by atoms with Crippen LogP contribution in [0.5, 0.6) is 0 Å². The van der Waals surface area contributed by atoms with Crippen molar-refractivity contribution in [2.75, 3.05) is 5.32 Å². The monoisotopic (exact) mass is 402 g/mol. The molecule has 5 nitrogen and oxygen atoms in total. The second kappa shape index (κ2) is 8.49. The number of ketones is 1. The third kappa shape index (κ3) is 4.32. The van der Waals surface area contributed by atoms with Crippen molar-refractivity contribution in [1.29, 1.82) is 0 Å². The van der Waals surface area contributed by atoms with Crippen LogP contribution in [-0.2, 0) is 6.42 Å². The molecule has 0 aliphatic rings. The number of anilines is 1. The Morgan fingerprint density at radius 2 is 1.90 bits per heavy atom. The zero-order chi connectivity index (χ0) is 20.2. The molecule has 4 aromatic rings. The smallest absolute Gasteiger partial charge is 0.224 e. The number of carbonyl (C=O) groups is 1. The summed E-state index contributed by atoms with van der Waals surface area (Å²) in [5.74, 6) is 0.497. The maximum absolute atomic E-state index is 13.0. The summed E-state index contributed by atoms with van der Waals surface area (Å²) in [5, 5.41) is 5.33. The predicted molar refractivity (Wildman–Crippen MR) is 118 cm³/mol. The number of aromatic nitrogens is 3. The standard InChI is InChI=1S/C23H22N4OS/c1-15-14-29-22-20(15)26-23(25-16(2)18-10-6-7-13-24-18)27-21(22)19(28)12-11-17-8-4-3-5-9-17/h3-10,13-14,16H,11-12H2,1-2H3,(H,25,26,27)/t16-/m0/s1. The van der Waals surface area contributed by atoms with Crippen LogP contribution >= 0.6 is 11.3 Å². The van der Waals surface area contributed by atoms with Gasteiger partial charge in [0.05, 0.1) is 22.0 Å². The van der Waals surface area contributed by atoms with E-state index < -0.39 is 0 Å². The molecule has 0 spiro atoms. The maximum atomic E-state index is 13.0. The van der Waals surface area contributed by atoms with Crippen molar-refractivity contribution in [3.05, 3.63) is 82.6 Å². The summed E-state index contributed by atoms with van der Waals surface area (Å²) in [6, 6.07) is 15.8. The van der Waals surface area contributed by atoms with Crippen LogP contribution < -0.4 is 5.32 Å². The molecule has 0 aliphatic heterocycles. The molecule has 0 aliphatic carbocycles. The van der Waals surface area contributed by atoms with E-state index in [2.05, 4.69) is 20.3 Å². The molecule has 0 saturated heterocycles. The largest absolute Gasteiger partial charge is 0.346 e. The van der Waals surface area contributed by atoms with Crippen molar-refractivity contribution in [3.63, 3.8) is 0 Å². The van der Waals surface area contributed by atoms with Crippen molar-refractivity contribution in [2.45, 2.75) is 32.7 Å². The van der Waals surface area contributed by atoms with Crippen LogP contribution in [0.25, 0.3) is 10.2 Å². The first kappa shape index (κ1) is 19.2. The summed E-state index contributed by atoms with van der Waals surface area (Å²) < 4.78 is 0.858. The van der Waals surface area contributed by atoms with E-state index in [0.717, 1.165) is 27.0 Å². The number of Topliss-reactive ketones (excluding diaryl/α,β-unsaturated/α-hetero) is 1. The van der Waals surface area contributed by atoms with Crippen LogP contribution in [0.15, 0.2) is 60.1 Å². The van der Waals surface area contributed by atoms with Crippen LogP contribution in [0.1, 0.15) is 46.7 Å². The van der Waals surface area contributed by atoms with E-state index >= 15 is 0 Å². The Balaban J connectivity index is 1.61. The number of carbonyl (C=O) groups excluding carboxylic acids is 1. The first-order chi connectivity index (χ1) is 14.1. The molecule has 1 N–H and O–H groups in total. The van der Waals surface area contributed by atoms with E-state index in [-0.39, 0.29) is 11.8 Å². The highest BCUT2D eigenvalue weighted by molar-refractivity contribution is 7.17. The van der Waals surface area contributed by atoms with Gasteiger partial charge in [0, 0.05) is 12.6 Å². The van der Waals surface area contributed by atoms with E-state index in [1.54, 1.807) is 6.20 Å². The predicted octanol–water partition coefficient (Wildman–Crippen LogP) is 5.38. The molecule has 3 aromatic heterocycles. The number of benzene rings is 1. The molecule has 3 heterocycles. The molecule has 29 heavy (non-hydrogen) atoms. The van der Waals surface area contributed by atoms with Gasteiger partial charge >= 0.3 is 0 Å². The molecule has 4 rings (SSSR count). The van der Waals surface area contributed by atoms with Gasteiger partial charge < -0.3 is 5.32 Å². The van der Waals surface area contributed by atoms with Gasteiger partial charge in [0.2, 0.25) is 5.95 Å². The average molecular weight is 403 g/mol. The normalized spacial score (nSPS) is 12.1. The SMILES string of the molecule is Cc1csc2c(C(=O)CCc3ccccc3)nc(N[C@@H](C)c3ccccn3)nc12. The molecule has 0 amide bonds. The highest BCUT2D eigenvalue weighted by Crippen LogP contribution is 2.29. The Labute approximate surface area is 173 Å². The second-order valence-corrected chi connectivity index (χ2v) is 7.90. The lowest BCUT2D eigenvalue weighted by Crippen LogP contribution is -2.13. The van der Waals surface area contributed by atoms with Gasteiger partial charge in [0.1, 0.15) is 5.69 Å². The Morgan fingerprint density at radius 1 is 1.10 bits per heavy atom. The van der Waals surface area contributed by atoms with Gasteiger partial charge in [0.15, 0.2) is 5.78 Å². The molecule has 0 unspecified atom stereocenters. The lowest BCUT2D eigenvalue weighted by Gasteiger charge is -2.14. The molecular formula is C23H22N4OS. The summed E-state index contributed by atoms with van der Waals surface area (Å²) in [4.78, 5) is 26.7. The van der Waals surface area contributed by atoms with Gasteiger partial charge in [-0.25, -0.2) is 9.97 Å². The van der Waals surface area contributed by atoms with Gasteiger partial charge in [-0.05, 0) is 48.9 Å². The van der Waals surface area contributed by atoms with E-state index in [4.69, 9.17) is 0 Å². The molecular weight excluding hydrogens is 380 g/mol. The van der Waals surface area contributed by atoms with Crippen molar-refractivity contribution >= 4 is 33.3 Å². The van der Waals surface area contributed by atoms with Crippen LogP contribution in [0.4, 0.5) is 5.95 Å². The summed E-state index contributed by atoms with van der Waals surface area (Å²) in [6.45, 7) is 4.02. The van der Waals surface area contributed by atoms with Gasteiger partial charge in [0.25, 0.3) is 0 Å². The number of pyridine rings is 1. The quantitative estimate of drug-likeness (QED) is 0.420. The minimum absolute atomic E-state index is 0.0386. The van der Waals surface area contributed by atoms with E-state index in [0.29, 0.717) is 24.5 Å². The highest BCUT2D eigenvalue weighted by atomic mass is 32.1. The molecule has 0 bridgehead atoms. The number of thiophene rings is 1. The van der Waals surface area contributed by atoms with Crippen molar-refractivity contribution < 1.29 is 4.79 Å². The number of rotatable bonds is 7. The molecule has 1 atom stereocenters. The van der Waals surface area contributed by atoms with Crippen molar-refractivity contribution in [3.8, 4) is 0 Å². The molecule has 0 radical (unpaired) electrons. The minimum Gasteiger partial charge on any atom is -0.346 e. The second-order valence-electron chi connectivity index (χ2n) is 7.02. The fourth-order valence-corrected chi connectivity index (χ4v) is 4.20. The Kier molecular flexibility index (Phi) is 5.62. The van der Waals surface area contributed by atoms with Gasteiger partial charge in [-0.3, -0.25) is 9.78 Å². The fraction of sp³-hybridized carbons (Fsp3) is 0.217. The number of fused-ring (bicyclic) bond motifs is 1. The Hall–Kier alpha value is -3.12. The van der Waals surface area contributed by atoms with Crippen molar-refractivity contribution in [1.82, 2.24) is 15.0 Å². The third-order valence-corrected chi connectivity index (χ3v) is 5.91. The van der Waals surface area contributed by atoms with Crippen LogP contribution in [0.2, 0.25) is 0 Å². The average Bonchev–Trinajstić information content (AvgIpc) is 3.13. The molecule has 6 heteroatoms. The van der Waals surface area contributed by atoms with E-state index in [1.165, 1.54) is 11.3 Å². The van der Waals surface area contributed by atoms with Crippen LogP contribution in [0, 0.1) is 6.92 Å². The van der Waals surface area contributed by atoms with Gasteiger partial charge in [-0.1, -0.05) is 36.4 Å². The Morgan fingerprint density at radius 3 is 2.66 bits per heavy atom. The molecule has 0 saturated carbocycles. The molecule has 146 valence electrons. The molecule has 0 fully saturated rings. The summed E-state index contributed by atoms with van der Waals surface area (Å²) in [5.41, 5.74) is 4.44. The number of aryl methyl sites for hydroxylation is 2. The zero-order valence-electron chi connectivity index (χ0n) is 16.4. The summed E-state index contributed by atoms with van der Waals surface area (Å²) in [6.07, 6.45) is 2.88. The lowest BCUT2D eigenvalue weighted by molar-refractivity contribution is 0.0980. The maximum Gasteiger partial charge on any atom is 0.224 e.